The van der Waals surface area contributed by atoms with Gasteiger partial charge in [0.2, 0.25) is 0 Å². The second-order valence-electron chi connectivity index (χ2n) is 37.0. The summed E-state index contributed by atoms with van der Waals surface area (Å²) in [5, 5.41) is 2.04. The topological polar surface area (TPSA) is 193 Å². The fourth-order valence-electron chi connectivity index (χ4n) is 18.1. The molecular formula is C100H102N6O12. The summed E-state index contributed by atoms with van der Waals surface area (Å²) in [6.07, 6.45) is 9.91. The zero-order chi connectivity index (χ0) is 82.8. The minimum atomic E-state index is -0.846. The number of rotatable bonds is 14. The maximum Gasteiger partial charge on any atom is 0.266 e. The Hall–Kier alpha value is -11.9. The van der Waals surface area contributed by atoms with Crippen LogP contribution in [0.1, 0.15) is 265 Å². The number of piperidine rings is 4. The Bertz CT molecular complexity index is 5590. The van der Waals surface area contributed by atoms with Gasteiger partial charge in [0.1, 0.15) is 46.0 Å². The van der Waals surface area contributed by atoms with Gasteiger partial charge in [-0.3, -0.25) is 38.4 Å². The van der Waals surface area contributed by atoms with Crippen LogP contribution in [0, 0.1) is 0 Å². The highest BCUT2D eigenvalue weighted by atomic mass is 16.5. The quantitative estimate of drug-likeness (QED) is 0.0569. The van der Waals surface area contributed by atoms with Crippen LogP contribution >= 0.6 is 0 Å². The Kier molecular flexibility index (Phi) is 20.1. The number of amides is 8. The van der Waals surface area contributed by atoms with Crippen molar-refractivity contribution in [2.75, 3.05) is 62.2 Å². The van der Waals surface area contributed by atoms with E-state index < -0.39 is 35.4 Å². The fourth-order valence-corrected chi connectivity index (χ4v) is 18.1. The number of fused-ring (bicyclic) bond motifs is 2. The van der Waals surface area contributed by atoms with Crippen molar-refractivity contribution in [3.05, 3.63) is 224 Å². The number of carbonyl (C=O) groups is 8. The van der Waals surface area contributed by atoms with Crippen LogP contribution in [0.4, 0.5) is 11.4 Å². The lowest BCUT2D eigenvalue weighted by Crippen LogP contribution is -2.45. The van der Waals surface area contributed by atoms with Crippen LogP contribution in [-0.4, -0.2) is 119 Å². The van der Waals surface area contributed by atoms with Crippen LogP contribution in [0.5, 0.6) is 46.0 Å². The zero-order valence-electron chi connectivity index (χ0n) is 69.7. The van der Waals surface area contributed by atoms with Gasteiger partial charge in [-0.25, -0.2) is 9.80 Å². The molecule has 0 atom stereocenters. The summed E-state index contributed by atoms with van der Waals surface area (Å²) >= 11 is 0. The van der Waals surface area contributed by atoms with Gasteiger partial charge in [0.25, 0.3) is 47.3 Å². The molecule has 11 aromatic carbocycles. The normalized spacial score (nSPS) is 16.4. The summed E-state index contributed by atoms with van der Waals surface area (Å²) in [5.41, 5.74) is 3.07. The molecule has 0 aliphatic carbocycles. The monoisotopic (exact) mass is 1580 g/mol. The first-order valence-corrected chi connectivity index (χ1v) is 42.1. The zero-order valence-corrected chi connectivity index (χ0v) is 69.7. The van der Waals surface area contributed by atoms with Crippen molar-refractivity contribution in [2.45, 2.75) is 182 Å². The van der Waals surface area contributed by atoms with Gasteiger partial charge in [0.05, 0.1) is 44.8 Å². The van der Waals surface area contributed by atoms with E-state index in [0.717, 1.165) is 109 Å². The molecule has 0 saturated carbocycles. The molecule has 11 aromatic rings. The Morgan fingerprint density at radius 2 is 0.517 bits per heavy atom. The minimum Gasteiger partial charge on any atom is -0.457 e. The molecule has 4 fully saturated rings. The summed E-state index contributed by atoms with van der Waals surface area (Å²) in [6, 6.07) is 46.8. The fraction of sp³-hybridized carbons (Fsp3) is 0.360. The first-order chi connectivity index (χ1) is 56.4. The second kappa shape index (κ2) is 30.2. The lowest BCUT2D eigenvalue weighted by atomic mass is 9.80. The van der Waals surface area contributed by atoms with Gasteiger partial charge in [0.15, 0.2) is 0 Å². The summed E-state index contributed by atoms with van der Waals surface area (Å²) in [5.74, 6) is -3.03. The van der Waals surface area contributed by atoms with Gasteiger partial charge in [0, 0.05) is 107 Å². The molecule has 6 heterocycles. The number of para-hydroxylation sites is 1. The van der Waals surface area contributed by atoms with E-state index in [2.05, 4.69) is 83.1 Å². The third kappa shape index (κ3) is 14.3. The molecule has 0 bridgehead atoms. The van der Waals surface area contributed by atoms with Crippen molar-refractivity contribution in [2.24, 2.45) is 0 Å². The highest BCUT2D eigenvalue weighted by Gasteiger charge is 2.46. The van der Waals surface area contributed by atoms with Crippen molar-refractivity contribution >= 4 is 102 Å². The minimum absolute atomic E-state index is 0.00791. The van der Waals surface area contributed by atoms with Crippen molar-refractivity contribution in [3.63, 3.8) is 0 Å². The SMILES string of the molecule is CC(C)(C)c1ccc(Oc2cc3c4c(cc(Oc5ccc(C(C)(C)C)cc5)c5c6c(Oc7ccc(C(C)(C)C)cc7)cc7c8c(cc(Oc9ccc(C(C)(C)C)cc9)c(c2c45)c86)C(=O)N(c2c(C(=O)N4CCCCC4)cccc2C(=O)N2CCCCC2)C7=O)C(=O)N(c2cc(C(=O)N4CCCCC4)cc(C(=O)N4CCCCC4)c2)C3=O)cc1. The van der Waals surface area contributed by atoms with Crippen LogP contribution in [0.25, 0.3) is 43.1 Å². The largest absolute Gasteiger partial charge is 0.457 e. The summed E-state index contributed by atoms with van der Waals surface area (Å²) in [6.45, 7) is 29.1. The molecule has 6 aliphatic rings. The molecule has 17 rings (SSSR count). The summed E-state index contributed by atoms with van der Waals surface area (Å²) in [4.78, 5) is 138. The van der Waals surface area contributed by atoms with E-state index in [1.165, 1.54) is 0 Å². The Balaban J connectivity index is 1.02. The van der Waals surface area contributed by atoms with Gasteiger partial charge in [-0.2, -0.15) is 0 Å². The van der Waals surface area contributed by atoms with Crippen LogP contribution in [-0.2, 0) is 21.7 Å². The van der Waals surface area contributed by atoms with E-state index in [1.807, 2.05) is 97.1 Å². The molecule has 4 saturated heterocycles. The molecular weight excluding hydrogens is 1480 g/mol. The van der Waals surface area contributed by atoms with Crippen molar-refractivity contribution < 1.29 is 57.3 Å². The molecule has 18 heteroatoms. The molecule has 0 N–H and O–H groups in total. The molecule has 604 valence electrons. The average molecular weight is 1580 g/mol. The molecule has 0 aromatic heterocycles. The number of likely N-dealkylation sites (tertiary alicyclic amines) is 4. The first-order valence-electron chi connectivity index (χ1n) is 42.1. The Morgan fingerprint density at radius 1 is 0.271 bits per heavy atom. The first kappa shape index (κ1) is 78.6. The van der Waals surface area contributed by atoms with E-state index in [0.29, 0.717) is 75.4 Å². The Labute approximate surface area is 689 Å². The maximum atomic E-state index is 17.2. The van der Waals surface area contributed by atoms with Crippen LogP contribution in [0.3, 0.4) is 0 Å². The third-order valence-corrected chi connectivity index (χ3v) is 24.7. The predicted molar refractivity (Wildman–Crippen MR) is 463 cm³/mol. The van der Waals surface area contributed by atoms with Gasteiger partial charge in [-0.1, -0.05) is 138 Å². The lowest BCUT2D eigenvalue weighted by Gasteiger charge is -2.35. The number of hydrogen-bond donors (Lipinski definition) is 0. The molecule has 0 radical (unpaired) electrons. The third-order valence-electron chi connectivity index (χ3n) is 24.7. The standard InChI is InChI=1S/C100H102N6O12/c1-97(2,3)61-28-36-66(37-29-61)115-76-55-72-80-73(94(112)105(93(72)111)65-53-59(89(107)101-44-17-13-18-45-101)52-60(54-65)90(108)102-46-19-14-20-47-102)56-77(116-67-38-30-62(31-39-67)98(4,5)6)83-85-79(118-69-42-34-64(35-43-69)100(10,11)12)58-75-81-74(57-78(84(87(81)85)82(76)86(80)83)117-68-40-32-63(33-41-68)99(7,8)9)95(113)106(96(75)114)88-70(91(109)103-48-21-15-22-49-103)26-25-27-71(88)92(110)104-50-23-16-24-51-104/h25-43,52-58H,13-24,44-51H2,1-12H3. The molecule has 0 unspecified atom stereocenters. The summed E-state index contributed by atoms with van der Waals surface area (Å²) < 4.78 is 30.0. The predicted octanol–water partition coefficient (Wildman–Crippen LogP) is 22.2. The number of ether oxygens (including phenoxy) is 4. The number of imide groups is 2. The molecule has 6 aliphatic heterocycles. The number of nitrogens with zero attached hydrogens (tertiary/aromatic N) is 6. The van der Waals surface area contributed by atoms with Crippen LogP contribution < -0.4 is 28.7 Å². The van der Waals surface area contributed by atoms with Crippen molar-refractivity contribution in [1.82, 2.24) is 19.6 Å². The molecule has 0 spiro atoms. The Morgan fingerprint density at radius 3 is 0.771 bits per heavy atom. The van der Waals surface area contributed by atoms with E-state index in [1.54, 1.807) is 80.3 Å². The number of hydrogen-bond acceptors (Lipinski definition) is 12. The molecule has 8 amide bonds. The number of carbonyl (C=O) groups excluding carboxylic acids is 8. The highest BCUT2D eigenvalue weighted by Crippen LogP contribution is 2.59. The highest BCUT2D eigenvalue weighted by molar-refractivity contribution is 6.48. The van der Waals surface area contributed by atoms with E-state index in [9.17, 15) is 0 Å². The van der Waals surface area contributed by atoms with Crippen molar-refractivity contribution in [1.29, 1.82) is 0 Å². The molecule has 118 heavy (non-hydrogen) atoms. The lowest BCUT2D eigenvalue weighted by molar-refractivity contribution is 0.0707. The van der Waals surface area contributed by atoms with E-state index >= 15 is 38.4 Å². The maximum absolute atomic E-state index is 17.2. The van der Waals surface area contributed by atoms with E-state index in [4.69, 9.17) is 18.9 Å². The second-order valence-corrected chi connectivity index (χ2v) is 37.0. The smallest absolute Gasteiger partial charge is 0.266 e. The van der Waals surface area contributed by atoms with Crippen molar-refractivity contribution in [3.8, 4) is 46.0 Å². The van der Waals surface area contributed by atoms with Crippen LogP contribution in [0.15, 0.2) is 158 Å². The van der Waals surface area contributed by atoms with Crippen LogP contribution in [0.2, 0.25) is 0 Å². The average Bonchev–Trinajstić information content (AvgIpc) is 0.668. The van der Waals surface area contributed by atoms with Gasteiger partial charge in [-0.05, 0) is 224 Å². The summed E-state index contributed by atoms with van der Waals surface area (Å²) in [7, 11) is 0. The molecule has 18 nitrogen and oxygen atoms in total. The van der Waals surface area contributed by atoms with Gasteiger partial charge in [-0.15, -0.1) is 0 Å². The number of anilines is 2. The van der Waals surface area contributed by atoms with Gasteiger partial charge < -0.3 is 38.5 Å². The number of benzene rings is 11. The van der Waals surface area contributed by atoms with Gasteiger partial charge >= 0.3 is 0 Å². The van der Waals surface area contributed by atoms with E-state index in [-0.39, 0.29) is 155 Å².